The highest BCUT2D eigenvalue weighted by Crippen LogP contribution is 2.06. The molecule has 4 nitrogen and oxygen atoms in total. The molecule has 0 saturated heterocycles. The molecule has 0 aromatic carbocycles. The predicted octanol–water partition coefficient (Wildman–Crippen LogP) is 2.35. The molecule has 0 fully saturated rings. The maximum Gasteiger partial charge on any atom is 0.411 e. The van der Waals surface area contributed by atoms with E-state index < -0.39 is 11.7 Å². The number of amides is 1. The molecule has 0 aromatic heterocycles. The first-order valence-electron chi connectivity index (χ1n) is 5.35. The van der Waals surface area contributed by atoms with Crippen LogP contribution >= 0.6 is 0 Å². The van der Waals surface area contributed by atoms with Gasteiger partial charge in [-0.2, -0.15) is 0 Å². The summed E-state index contributed by atoms with van der Waals surface area (Å²) in [5.41, 5.74) is 0.260. The minimum atomic E-state index is -0.503. The number of aliphatic hydroxyl groups is 1. The number of hydrogen-bond donors (Lipinski definition) is 2. The Balaban J connectivity index is 4.09. The number of aliphatic hydroxyl groups excluding tert-OH is 1. The molecule has 0 aliphatic rings. The summed E-state index contributed by atoms with van der Waals surface area (Å²) >= 11 is 0. The zero-order valence-corrected chi connectivity index (χ0v) is 10.4. The molecule has 0 radical (unpaired) electrons. The molecule has 0 atom stereocenters. The van der Waals surface area contributed by atoms with E-state index >= 15 is 0 Å². The van der Waals surface area contributed by atoms with Gasteiger partial charge in [-0.1, -0.05) is 13.0 Å². The molecule has 0 aromatic rings. The molecule has 0 rings (SSSR count). The summed E-state index contributed by atoms with van der Waals surface area (Å²) in [6.45, 7) is 7.33. The lowest BCUT2D eigenvalue weighted by Crippen LogP contribution is -2.29. The highest BCUT2D eigenvalue weighted by Gasteiger charge is 2.14. The van der Waals surface area contributed by atoms with Gasteiger partial charge < -0.3 is 9.84 Å². The van der Waals surface area contributed by atoms with Gasteiger partial charge in [-0.05, 0) is 38.8 Å². The largest absolute Gasteiger partial charge is 0.444 e. The molecule has 1 amide bonds. The van der Waals surface area contributed by atoms with E-state index in [1.807, 2.05) is 13.0 Å². The van der Waals surface area contributed by atoms with Crippen molar-refractivity contribution in [3.8, 4) is 0 Å². The average molecular weight is 227 g/mol. The lowest BCUT2D eigenvalue weighted by Gasteiger charge is -2.18. The number of allylic oxidation sites excluding steroid dienone is 1. The van der Waals surface area contributed by atoms with E-state index in [-0.39, 0.29) is 6.61 Å². The van der Waals surface area contributed by atoms with E-state index in [1.165, 1.54) is 6.20 Å². The molecule has 0 saturated carbocycles. The van der Waals surface area contributed by atoms with Gasteiger partial charge >= 0.3 is 6.09 Å². The minimum Gasteiger partial charge on any atom is -0.444 e. The van der Waals surface area contributed by atoms with Crippen molar-refractivity contribution in [2.75, 3.05) is 6.61 Å². The normalized spacial score (nSPS) is 12.9. The van der Waals surface area contributed by atoms with Crippen molar-refractivity contribution in [2.45, 2.75) is 39.7 Å². The molecule has 0 bridgehead atoms. The maximum atomic E-state index is 11.2. The van der Waals surface area contributed by atoms with Crippen LogP contribution < -0.4 is 5.32 Å². The third-order valence-electron chi connectivity index (χ3n) is 1.55. The van der Waals surface area contributed by atoms with Crippen molar-refractivity contribution >= 4 is 6.09 Å². The van der Waals surface area contributed by atoms with Crippen LogP contribution in [0.15, 0.2) is 23.9 Å². The van der Waals surface area contributed by atoms with Crippen LogP contribution in [0.3, 0.4) is 0 Å². The molecular weight excluding hydrogens is 206 g/mol. The van der Waals surface area contributed by atoms with Crippen molar-refractivity contribution in [1.82, 2.24) is 5.32 Å². The first-order valence-corrected chi connectivity index (χ1v) is 5.35. The highest BCUT2D eigenvalue weighted by atomic mass is 16.6. The van der Waals surface area contributed by atoms with Gasteiger partial charge in [-0.3, -0.25) is 5.32 Å². The summed E-state index contributed by atoms with van der Waals surface area (Å²) in [7, 11) is 0. The molecule has 4 heteroatoms. The van der Waals surface area contributed by atoms with E-state index in [9.17, 15) is 4.79 Å². The van der Waals surface area contributed by atoms with Crippen LogP contribution in [-0.2, 0) is 4.74 Å². The van der Waals surface area contributed by atoms with Gasteiger partial charge in [-0.15, -0.1) is 0 Å². The van der Waals surface area contributed by atoms with E-state index in [0.717, 1.165) is 12.0 Å². The number of alkyl carbamates (subject to hydrolysis) is 1. The molecule has 2 N–H and O–H groups in total. The quantitative estimate of drug-likeness (QED) is 0.725. The van der Waals surface area contributed by atoms with Gasteiger partial charge in [0.2, 0.25) is 0 Å². The second kappa shape index (κ2) is 7.06. The Kier molecular flexibility index (Phi) is 6.49. The Labute approximate surface area is 97.0 Å². The summed E-state index contributed by atoms with van der Waals surface area (Å²) in [6, 6.07) is 0. The van der Waals surface area contributed by atoms with Crippen LogP contribution in [0.1, 0.15) is 34.1 Å². The molecule has 0 aliphatic carbocycles. The van der Waals surface area contributed by atoms with Crippen LogP contribution in [0.4, 0.5) is 4.79 Å². The standard InChI is InChI=1S/C12H21NO3/c1-5-6-10(9-14)7-8-13-11(15)16-12(2,3)4/h6-8,14H,5,9H2,1-4H3,(H,13,15)/b8-7-,10-6+. The number of carbonyl (C=O) groups is 1. The lowest BCUT2D eigenvalue weighted by molar-refractivity contribution is 0.0552. The number of ether oxygens (including phenoxy) is 1. The van der Waals surface area contributed by atoms with Gasteiger partial charge in [0.15, 0.2) is 0 Å². The Morgan fingerprint density at radius 2 is 2.06 bits per heavy atom. The van der Waals surface area contributed by atoms with Gasteiger partial charge in [-0.25, -0.2) is 4.79 Å². The first-order chi connectivity index (χ1) is 7.39. The van der Waals surface area contributed by atoms with E-state index in [4.69, 9.17) is 9.84 Å². The van der Waals surface area contributed by atoms with Crippen molar-refractivity contribution < 1.29 is 14.6 Å². The fraction of sp³-hybridized carbons (Fsp3) is 0.583. The number of rotatable bonds is 4. The molecule has 0 aliphatic heterocycles. The zero-order chi connectivity index (χ0) is 12.6. The fourth-order valence-corrected chi connectivity index (χ4v) is 0.972. The number of nitrogens with one attached hydrogen (secondary N) is 1. The number of hydrogen-bond acceptors (Lipinski definition) is 3. The molecule has 0 unspecified atom stereocenters. The Hall–Kier alpha value is -1.29. The van der Waals surface area contributed by atoms with Crippen LogP contribution in [-0.4, -0.2) is 23.4 Å². The predicted molar refractivity (Wildman–Crippen MR) is 64.0 cm³/mol. The lowest BCUT2D eigenvalue weighted by atomic mass is 10.2. The summed E-state index contributed by atoms with van der Waals surface area (Å²) in [4.78, 5) is 11.2. The summed E-state index contributed by atoms with van der Waals surface area (Å²) in [6.07, 6.45) is 5.33. The fourth-order valence-electron chi connectivity index (χ4n) is 0.972. The van der Waals surface area contributed by atoms with Crippen LogP contribution in [0.25, 0.3) is 0 Å². The Morgan fingerprint density at radius 3 is 2.50 bits per heavy atom. The SMILES string of the molecule is CC/C=C(\C=C/NC(=O)OC(C)(C)C)CO. The maximum absolute atomic E-state index is 11.2. The van der Waals surface area contributed by atoms with Crippen LogP contribution in [0, 0.1) is 0 Å². The van der Waals surface area contributed by atoms with E-state index in [0.29, 0.717) is 0 Å². The average Bonchev–Trinajstić information content (AvgIpc) is 2.13. The number of carbonyl (C=O) groups excluding carboxylic acids is 1. The summed E-state index contributed by atoms with van der Waals surface area (Å²) in [5.74, 6) is 0. The molecule has 16 heavy (non-hydrogen) atoms. The zero-order valence-electron chi connectivity index (χ0n) is 10.4. The second-order valence-electron chi connectivity index (χ2n) is 4.32. The molecular formula is C12H21NO3. The van der Waals surface area contributed by atoms with Crippen molar-refractivity contribution in [3.63, 3.8) is 0 Å². The minimum absolute atomic E-state index is 0.0413. The van der Waals surface area contributed by atoms with Gasteiger partial charge in [0.05, 0.1) is 6.61 Å². The van der Waals surface area contributed by atoms with Crippen LogP contribution in [0.2, 0.25) is 0 Å². The first kappa shape index (κ1) is 14.7. The van der Waals surface area contributed by atoms with Gasteiger partial charge in [0, 0.05) is 6.20 Å². The molecule has 92 valence electrons. The van der Waals surface area contributed by atoms with Crippen LogP contribution in [0.5, 0.6) is 0 Å². The summed E-state index contributed by atoms with van der Waals surface area (Å²) < 4.78 is 5.03. The van der Waals surface area contributed by atoms with Crippen molar-refractivity contribution in [1.29, 1.82) is 0 Å². The van der Waals surface area contributed by atoms with Gasteiger partial charge in [0.1, 0.15) is 5.60 Å². The van der Waals surface area contributed by atoms with Gasteiger partial charge in [0.25, 0.3) is 0 Å². The highest BCUT2D eigenvalue weighted by molar-refractivity contribution is 5.68. The smallest absolute Gasteiger partial charge is 0.411 e. The van der Waals surface area contributed by atoms with Crippen molar-refractivity contribution in [2.24, 2.45) is 0 Å². The topological polar surface area (TPSA) is 58.6 Å². The Morgan fingerprint density at radius 1 is 1.44 bits per heavy atom. The van der Waals surface area contributed by atoms with E-state index in [1.54, 1.807) is 26.8 Å². The van der Waals surface area contributed by atoms with E-state index in [2.05, 4.69) is 5.32 Å². The third kappa shape index (κ3) is 8.05. The monoisotopic (exact) mass is 227 g/mol. The Bertz CT molecular complexity index is 274. The second-order valence-corrected chi connectivity index (χ2v) is 4.32. The molecule has 0 heterocycles. The summed E-state index contributed by atoms with van der Waals surface area (Å²) in [5, 5.41) is 11.4. The molecule has 0 spiro atoms. The van der Waals surface area contributed by atoms with Crippen molar-refractivity contribution in [3.05, 3.63) is 23.9 Å². The third-order valence-corrected chi connectivity index (χ3v) is 1.55.